The second-order valence-electron chi connectivity index (χ2n) is 8.12. The number of carbonyl (C=O) groups excluding carboxylic acids is 1. The van der Waals surface area contributed by atoms with E-state index in [1.807, 2.05) is 18.0 Å². The number of carbonyl (C=O) groups is 1. The van der Waals surface area contributed by atoms with Gasteiger partial charge >= 0.3 is 0 Å². The maximum Gasteiger partial charge on any atom is 0.277 e. The van der Waals surface area contributed by atoms with Crippen LogP contribution in [0.2, 0.25) is 0 Å². The molecule has 5 rings (SSSR count). The molecule has 10 nitrogen and oxygen atoms in total. The summed E-state index contributed by atoms with van der Waals surface area (Å²) in [5, 5.41) is 5.92. The predicted molar refractivity (Wildman–Crippen MR) is 111 cm³/mol. The fraction of sp³-hybridized carbons (Fsp3) is 0.450. The third-order valence-electron chi connectivity index (χ3n) is 5.39. The summed E-state index contributed by atoms with van der Waals surface area (Å²) in [7, 11) is 1.49. The summed E-state index contributed by atoms with van der Waals surface area (Å²) in [4.78, 5) is 31.5. The van der Waals surface area contributed by atoms with Crippen molar-refractivity contribution in [3.05, 3.63) is 36.2 Å². The summed E-state index contributed by atoms with van der Waals surface area (Å²) < 4.78 is 21.6. The Hall–Kier alpha value is -3.34. The van der Waals surface area contributed by atoms with Crippen LogP contribution in [0, 0.1) is 6.92 Å². The smallest absolute Gasteiger partial charge is 0.277 e. The van der Waals surface area contributed by atoms with Crippen LogP contribution in [0.3, 0.4) is 0 Å². The number of hydrogen-bond donors (Lipinski definition) is 2. The molecule has 0 spiro atoms. The van der Waals surface area contributed by atoms with Crippen LogP contribution in [-0.2, 0) is 0 Å². The third kappa shape index (κ3) is 4.00. The first kappa shape index (κ1) is 19.6. The van der Waals surface area contributed by atoms with E-state index in [1.165, 1.54) is 19.5 Å². The van der Waals surface area contributed by atoms with Crippen molar-refractivity contribution in [2.24, 2.45) is 0 Å². The summed E-state index contributed by atoms with van der Waals surface area (Å²) in [6.07, 6.45) is 8.58. The number of alkyl halides is 1. The number of nitrogens with zero attached hydrogens (tertiary/aromatic N) is 6. The van der Waals surface area contributed by atoms with Gasteiger partial charge in [0, 0.05) is 18.8 Å². The molecule has 0 radical (unpaired) electrons. The van der Waals surface area contributed by atoms with Gasteiger partial charge in [-0.2, -0.15) is 4.98 Å². The first-order valence-corrected chi connectivity index (χ1v) is 10.1. The average molecular weight is 426 g/mol. The van der Waals surface area contributed by atoms with Crippen molar-refractivity contribution >= 4 is 23.2 Å². The minimum Gasteiger partial charge on any atom is -0.478 e. The molecule has 0 atom stereocenters. The molecule has 4 heterocycles. The number of methoxy groups -OCH3 is 1. The molecule has 3 aromatic heterocycles. The standard InChI is InChI=1S/C20H23FN8O2/c1-12-7-28-8-15(27-19(31-2)17(28)25-12)26-18(30)14-5-23-16(6-22-14)29-10-20(21,11-29)9-24-13-3-4-13/h5-8,13,24H,3-4,9-11H2,1-2H3,(H,26,30). The van der Waals surface area contributed by atoms with Crippen LogP contribution in [0.4, 0.5) is 16.0 Å². The molecule has 0 bridgehead atoms. The summed E-state index contributed by atoms with van der Waals surface area (Å²) in [5.74, 6) is 0.690. The number of nitrogens with one attached hydrogen (secondary N) is 2. The minimum absolute atomic E-state index is 0.133. The number of imidazole rings is 1. The normalized spacial score (nSPS) is 17.5. The van der Waals surface area contributed by atoms with Gasteiger partial charge in [0.15, 0.2) is 11.5 Å². The second-order valence-corrected chi connectivity index (χ2v) is 8.12. The molecule has 11 heteroatoms. The van der Waals surface area contributed by atoms with Crippen molar-refractivity contribution in [2.75, 3.05) is 37.0 Å². The summed E-state index contributed by atoms with van der Waals surface area (Å²) in [5.41, 5.74) is 0.258. The summed E-state index contributed by atoms with van der Waals surface area (Å²) in [6.45, 7) is 2.75. The maximum absolute atomic E-state index is 14.6. The quantitative estimate of drug-likeness (QED) is 0.583. The second kappa shape index (κ2) is 7.41. The van der Waals surface area contributed by atoms with Gasteiger partial charge in [-0.25, -0.2) is 19.3 Å². The van der Waals surface area contributed by atoms with Gasteiger partial charge in [-0.3, -0.25) is 9.20 Å². The Balaban J connectivity index is 1.23. The zero-order valence-electron chi connectivity index (χ0n) is 17.3. The third-order valence-corrected chi connectivity index (χ3v) is 5.39. The van der Waals surface area contributed by atoms with E-state index in [2.05, 4.69) is 30.6 Å². The Labute approximate surface area is 177 Å². The van der Waals surface area contributed by atoms with Crippen LogP contribution in [0.1, 0.15) is 29.0 Å². The average Bonchev–Trinajstić information content (AvgIpc) is 3.49. The molecule has 1 aliphatic heterocycles. The zero-order valence-corrected chi connectivity index (χ0v) is 17.3. The van der Waals surface area contributed by atoms with Crippen molar-refractivity contribution in [3.8, 4) is 5.88 Å². The Morgan fingerprint density at radius 1 is 1.26 bits per heavy atom. The Morgan fingerprint density at radius 2 is 2.06 bits per heavy atom. The molecule has 1 aliphatic carbocycles. The maximum atomic E-state index is 14.6. The highest BCUT2D eigenvalue weighted by atomic mass is 19.1. The molecule has 31 heavy (non-hydrogen) atoms. The van der Waals surface area contributed by atoms with E-state index in [0.717, 1.165) is 18.5 Å². The Kier molecular flexibility index (Phi) is 4.69. The van der Waals surface area contributed by atoms with Gasteiger partial charge in [-0.1, -0.05) is 0 Å². The fourth-order valence-corrected chi connectivity index (χ4v) is 3.60. The number of ether oxygens (including phenoxy) is 1. The molecular weight excluding hydrogens is 403 g/mol. The van der Waals surface area contributed by atoms with Crippen LogP contribution >= 0.6 is 0 Å². The van der Waals surface area contributed by atoms with Crippen molar-refractivity contribution in [1.82, 2.24) is 29.7 Å². The molecular formula is C20H23FN8O2. The van der Waals surface area contributed by atoms with Crippen molar-refractivity contribution < 1.29 is 13.9 Å². The molecule has 2 N–H and O–H groups in total. The lowest BCUT2D eigenvalue weighted by molar-refractivity contribution is 0.102. The number of fused-ring (bicyclic) bond motifs is 1. The van der Waals surface area contributed by atoms with Gasteiger partial charge in [-0.15, -0.1) is 0 Å². The lowest BCUT2D eigenvalue weighted by Gasteiger charge is -2.45. The highest BCUT2D eigenvalue weighted by Gasteiger charge is 2.44. The lowest BCUT2D eigenvalue weighted by Crippen LogP contribution is -2.63. The molecule has 2 fully saturated rings. The van der Waals surface area contributed by atoms with Crippen LogP contribution in [0.15, 0.2) is 24.8 Å². The predicted octanol–water partition coefficient (Wildman–Crippen LogP) is 1.37. The first-order valence-electron chi connectivity index (χ1n) is 10.1. The van der Waals surface area contributed by atoms with Gasteiger partial charge in [0.2, 0.25) is 5.65 Å². The number of anilines is 2. The lowest BCUT2D eigenvalue weighted by atomic mass is 9.96. The molecule has 3 aromatic rings. The van der Waals surface area contributed by atoms with E-state index in [0.29, 0.717) is 35.7 Å². The van der Waals surface area contributed by atoms with E-state index in [9.17, 15) is 9.18 Å². The molecule has 1 saturated heterocycles. The SMILES string of the molecule is COc1nc(NC(=O)c2cnc(N3CC(F)(CNC4CC4)C3)cn2)cn2cc(C)nc12. The highest BCUT2D eigenvalue weighted by molar-refractivity contribution is 6.02. The molecule has 162 valence electrons. The number of hydrogen-bond acceptors (Lipinski definition) is 8. The molecule has 1 saturated carbocycles. The number of amides is 1. The molecule has 1 amide bonds. The Bertz CT molecular complexity index is 1120. The van der Waals surface area contributed by atoms with Crippen LogP contribution in [-0.4, -0.2) is 68.7 Å². The molecule has 2 aliphatic rings. The van der Waals surface area contributed by atoms with Crippen LogP contribution < -0.4 is 20.3 Å². The van der Waals surface area contributed by atoms with Gasteiger partial charge in [0.1, 0.15) is 11.5 Å². The molecule has 0 unspecified atom stereocenters. The number of rotatable bonds is 7. The topological polar surface area (TPSA) is 110 Å². The van der Waals surface area contributed by atoms with E-state index in [4.69, 9.17) is 4.74 Å². The van der Waals surface area contributed by atoms with Gasteiger partial charge in [0.25, 0.3) is 11.8 Å². The first-order chi connectivity index (χ1) is 14.9. The van der Waals surface area contributed by atoms with E-state index in [1.54, 1.807) is 10.6 Å². The van der Waals surface area contributed by atoms with Crippen LogP contribution in [0.25, 0.3) is 5.65 Å². The fourth-order valence-electron chi connectivity index (χ4n) is 3.60. The van der Waals surface area contributed by atoms with Crippen molar-refractivity contribution in [2.45, 2.75) is 31.5 Å². The molecule has 0 aromatic carbocycles. The Morgan fingerprint density at radius 3 is 2.74 bits per heavy atom. The summed E-state index contributed by atoms with van der Waals surface area (Å²) in [6, 6.07) is 0.479. The van der Waals surface area contributed by atoms with E-state index < -0.39 is 11.6 Å². The van der Waals surface area contributed by atoms with E-state index >= 15 is 0 Å². The van der Waals surface area contributed by atoms with Crippen LogP contribution in [0.5, 0.6) is 5.88 Å². The van der Waals surface area contributed by atoms with Gasteiger partial charge in [-0.05, 0) is 19.8 Å². The van der Waals surface area contributed by atoms with E-state index in [-0.39, 0.29) is 18.8 Å². The van der Waals surface area contributed by atoms with Crippen molar-refractivity contribution in [3.63, 3.8) is 0 Å². The van der Waals surface area contributed by atoms with Gasteiger partial charge in [0.05, 0.1) is 44.5 Å². The minimum atomic E-state index is -1.24. The number of halogens is 1. The zero-order chi connectivity index (χ0) is 21.6. The largest absolute Gasteiger partial charge is 0.478 e. The van der Waals surface area contributed by atoms with Crippen molar-refractivity contribution in [1.29, 1.82) is 0 Å². The monoisotopic (exact) mass is 426 g/mol. The number of aromatic nitrogens is 5. The number of aryl methyl sites for hydroxylation is 1. The highest BCUT2D eigenvalue weighted by Crippen LogP contribution is 2.30. The summed E-state index contributed by atoms with van der Waals surface area (Å²) >= 11 is 0. The van der Waals surface area contributed by atoms with Gasteiger partial charge < -0.3 is 20.3 Å².